The Balaban J connectivity index is 1.36. The van der Waals surface area contributed by atoms with Crippen molar-refractivity contribution < 1.29 is 28.5 Å². The number of fused-ring (bicyclic) bond motifs is 1. The van der Waals surface area contributed by atoms with Crippen molar-refractivity contribution in [2.24, 2.45) is 0 Å². The predicted octanol–water partition coefficient (Wildman–Crippen LogP) is 3.72. The van der Waals surface area contributed by atoms with Crippen LogP contribution in [0.3, 0.4) is 0 Å². The highest BCUT2D eigenvalue weighted by Gasteiger charge is 2.36. The molecule has 0 radical (unpaired) electrons. The fourth-order valence-electron chi connectivity index (χ4n) is 5.99. The first-order valence-electron chi connectivity index (χ1n) is 15.5. The second kappa shape index (κ2) is 14.0. The summed E-state index contributed by atoms with van der Waals surface area (Å²) in [5, 5.41) is 0. The number of ether oxygens (including phenoxy) is 4. The minimum atomic E-state index is -0.592. The molecule has 2 amide bonds. The average molecular weight is 611 g/mol. The molecule has 0 N–H and O–H groups in total. The first-order chi connectivity index (χ1) is 21.1. The molecule has 44 heavy (non-hydrogen) atoms. The zero-order chi connectivity index (χ0) is 31.3. The molecule has 2 fully saturated rings. The van der Waals surface area contributed by atoms with Crippen LogP contribution in [-0.2, 0) is 33.8 Å². The Hall–Kier alpha value is -3.64. The van der Waals surface area contributed by atoms with E-state index in [2.05, 4.69) is 16.8 Å². The maximum Gasteiger partial charge on any atom is 0.410 e. The van der Waals surface area contributed by atoms with E-state index in [1.54, 1.807) is 16.9 Å². The van der Waals surface area contributed by atoms with Crippen molar-refractivity contribution in [3.63, 3.8) is 0 Å². The van der Waals surface area contributed by atoms with Gasteiger partial charge in [0.2, 0.25) is 0 Å². The maximum absolute atomic E-state index is 13.1. The van der Waals surface area contributed by atoms with Crippen molar-refractivity contribution in [2.75, 3.05) is 65.0 Å². The molecule has 1 aromatic carbocycles. The van der Waals surface area contributed by atoms with Gasteiger partial charge in [-0.05, 0) is 59.2 Å². The molecule has 2 unspecified atom stereocenters. The number of methoxy groups -OCH3 is 1. The monoisotopic (exact) mass is 610 g/mol. The number of likely N-dealkylation sites (tertiary alicyclic amines) is 1. The molecular formula is C32H46N6O6. The minimum Gasteiger partial charge on any atom is -0.462 e. The Kier molecular flexibility index (Phi) is 10.1. The van der Waals surface area contributed by atoms with Gasteiger partial charge in [-0.2, -0.15) is 9.97 Å². The van der Waals surface area contributed by atoms with Crippen LogP contribution in [0.1, 0.15) is 50.4 Å². The third-order valence-corrected chi connectivity index (χ3v) is 8.33. The Morgan fingerprint density at radius 3 is 2.48 bits per heavy atom. The smallest absolute Gasteiger partial charge is 0.410 e. The van der Waals surface area contributed by atoms with Gasteiger partial charge in [-0.15, -0.1) is 0 Å². The Morgan fingerprint density at radius 1 is 0.977 bits per heavy atom. The number of carbonyl (C=O) groups excluding carboxylic acids is 2. The molecule has 0 spiro atoms. The van der Waals surface area contributed by atoms with Crippen LogP contribution >= 0.6 is 0 Å². The van der Waals surface area contributed by atoms with Gasteiger partial charge >= 0.3 is 18.2 Å². The Bertz CT molecular complexity index is 1290. The van der Waals surface area contributed by atoms with Crippen LogP contribution in [0, 0.1) is 0 Å². The number of benzene rings is 1. The summed E-state index contributed by atoms with van der Waals surface area (Å²) in [7, 11) is 3.75. The number of rotatable bonds is 8. The molecule has 240 valence electrons. The standard InChI is InChI=1S/C32H46N6O6/c1-32(2,3)44-31(40)38-17-16-36(18-25(38)21-41-5)28-26-13-15-37(30(39)43-20-23-10-7-6-8-11-23)19-27(26)33-29(34-28)42-22-24-12-9-14-35(24)4/h6-8,10-11,24-25H,9,12-22H2,1-5H3. The average Bonchev–Trinajstić information content (AvgIpc) is 3.42. The summed E-state index contributed by atoms with van der Waals surface area (Å²) < 4.78 is 23.0. The van der Waals surface area contributed by atoms with E-state index in [1.165, 1.54) is 0 Å². The molecule has 0 aliphatic carbocycles. The third kappa shape index (κ3) is 7.89. The molecule has 3 aliphatic heterocycles. The molecule has 5 rings (SSSR count). The van der Waals surface area contributed by atoms with Crippen LogP contribution in [0.5, 0.6) is 6.01 Å². The third-order valence-electron chi connectivity index (χ3n) is 8.33. The van der Waals surface area contributed by atoms with Crippen molar-refractivity contribution >= 4 is 18.0 Å². The Labute approximate surface area is 260 Å². The van der Waals surface area contributed by atoms with Crippen LogP contribution in [0.4, 0.5) is 15.4 Å². The van der Waals surface area contributed by atoms with E-state index >= 15 is 0 Å². The molecule has 12 heteroatoms. The molecular weight excluding hydrogens is 564 g/mol. The first kappa shape index (κ1) is 31.8. The molecule has 2 atom stereocenters. The second-order valence-corrected chi connectivity index (χ2v) is 12.8. The number of carbonyl (C=O) groups is 2. The van der Waals surface area contributed by atoms with Gasteiger partial charge in [-0.25, -0.2) is 9.59 Å². The van der Waals surface area contributed by atoms with Gasteiger partial charge in [0.15, 0.2) is 0 Å². The highest BCUT2D eigenvalue weighted by atomic mass is 16.6. The van der Waals surface area contributed by atoms with Crippen molar-refractivity contribution in [1.29, 1.82) is 0 Å². The summed E-state index contributed by atoms with van der Waals surface area (Å²) in [6.07, 6.45) is 2.07. The zero-order valence-corrected chi connectivity index (χ0v) is 26.7. The number of piperazine rings is 1. The van der Waals surface area contributed by atoms with E-state index in [9.17, 15) is 9.59 Å². The summed E-state index contributed by atoms with van der Waals surface area (Å²) in [4.78, 5) is 43.7. The predicted molar refractivity (Wildman–Crippen MR) is 165 cm³/mol. The van der Waals surface area contributed by atoms with Gasteiger partial charge in [0.1, 0.15) is 24.6 Å². The number of amides is 2. The number of hydrogen-bond donors (Lipinski definition) is 0. The van der Waals surface area contributed by atoms with Gasteiger partial charge in [0, 0.05) is 44.9 Å². The number of nitrogens with zero attached hydrogens (tertiary/aromatic N) is 6. The normalized spacial score (nSPS) is 20.8. The lowest BCUT2D eigenvalue weighted by Crippen LogP contribution is -2.58. The van der Waals surface area contributed by atoms with Crippen molar-refractivity contribution in [3.05, 3.63) is 47.2 Å². The lowest BCUT2D eigenvalue weighted by molar-refractivity contribution is 0.00334. The van der Waals surface area contributed by atoms with E-state index in [-0.39, 0.29) is 24.8 Å². The molecule has 3 aliphatic rings. The van der Waals surface area contributed by atoms with Crippen molar-refractivity contribution in [2.45, 2.75) is 70.9 Å². The number of aromatic nitrogens is 2. The molecule has 4 heterocycles. The second-order valence-electron chi connectivity index (χ2n) is 12.8. The molecule has 1 aromatic heterocycles. The summed E-state index contributed by atoms with van der Waals surface area (Å²) >= 11 is 0. The van der Waals surface area contributed by atoms with Crippen molar-refractivity contribution in [3.8, 4) is 6.01 Å². The summed E-state index contributed by atoms with van der Waals surface area (Å²) in [5.41, 5.74) is 2.09. The number of likely N-dealkylation sites (N-methyl/N-ethyl adjacent to an activating group) is 1. The lowest BCUT2D eigenvalue weighted by Gasteiger charge is -2.42. The summed E-state index contributed by atoms with van der Waals surface area (Å²) in [5.74, 6) is 0.784. The largest absolute Gasteiger partial charge is 0.462 e. The highest BCUT2D eigenvalue weighted by Crippen LogP contribution is 2.31. The topological polar surface area (TPSA) is 110 Å². The van der Waals surface area contributed by atoms with Gasteiger partial charge in [0.25, 0.3) is 0 Å². The fourth-order valence-corrected chi connectivity index (χ4v) is 5.99. The van der Waals surface area contributed by atoms with E-state index in [4.69, 9.17) is 28.9 Å². The summed E-state index contributed by atoms with van der Waals surface area (Å²) in [6.45, 7) is 10.1. The van der Waals surface area contributed by atoms with Gasteiger partial charge < -0.3 is 33.6 Å². The maximum atomic E-state index is 13.1. The molecule has 12 nitrogen and oxygen atoms in total. The van der Waals surface area contributed by atoms with Crippen LogP contribution in [0.15, 0.2) is 30.3 Å². The van der Waals surface area contributed by atoms with Gasteiger partial charge in [0.05, 0.1) is 24.9 Å². The number of hydrogen-bond acceptors (Lipinski definition) is 10. The van der Waals surface area contributed by atoms with E-state index in [0.29, 0.717) is 64.4 Å². The Morgan fingerprint density at radius 2 is 1.77 bits per heavy atom. The van der Waals surface area contributed by atoms with Crippen LogP contribution in [0.25, 0.3) is 0 Å². The van der Waals surface area contributed by atoms with Crippen LogP contribution in [-0.4, -0.2) is 115 Å². The quantitative estimate of drug-likeness (QED) is 0.439. The van der Waals surface area contributed by atoms with E-state index < -0.39 is 5.60 Å². The van der Waals surface area contributed by atoms with E-state index in [1.807, 2.05) is 51.1 Å². The fraction of sp³-hybridized carbons (Fsp3) is 0.625. The van der Waals surface area contributed by atoms with Crippen LogP contribution in [0.2, 0.25) is 0 Å². The van der Waals surface area contributed by atoms with Gasteiger partial charge in [-0.3, -0.25) is 4.90 Å². The highest BCUT2D eigenvalue weighted by molar-refractivity contribution is 5.70. The first-order valence-corrected chi connectivity index (χ1v) is 15.5. The molecule has 2 aromatic rings. The van der Waals surface area contributed by atoms with Gasteiger partial charge in [-0.1, -0.05) is 30.3 Å². The van der Waals surface area contributed by atoms with E-state index in [0.717, 1.165) is 42.0 Å². The number of anilines is 1. The molecule has 0 saturated carbocycles. The van der Waals surface area contributed by atoms with Crippen LogP contribution < -0.4 is 9.64 Å². The summed E-state index contributed by atoms with van der Waals surface area (Å²) in [6, 6.07) is 10.0. The SMILES string of the molecule is COCC1CN(c2nc(OCC3CCCN3C)nc3c2CCN(C(=O)OCc2ccccc2)C3)CCN1C(=O)OC(C)(C)C. The zero-order valence-electron chi connectivity index (χ0n) is 26.7. The molecule has 0 bridgehead atoms. The lowest BCUT2D eigenvalue weighted by atomic mass is 10.0. The molecule has 2 saturated heterocycles. The minimum absolute atomic E-state index is 0.212. The van der Waals surface area contributed by atoms with Crippen molar-refractivity contribution in [1.82, 2.24) is 24.7 Å².